The molecule has 2 fully saturated rings. The average molecular weight is 226 g/mol. The molecule has 2 aliphatic rings. The monoisotopic (exact) mass is 226 g/mol. The first kappa shape index (κ1) is 12.3. The summed E-state index contributed by atoms with van der Waals surface area (Å²) < 4.78 is 0. The van der Waals surface area contributed by atoms with Gasteiger partial charge in [-0.25, -0.2) is 0 Å². The highest BCUT2D eigenvalue weighted by Gasteiger charge is 2.32. The Kier molecular flexibility index (Phi) is 4.62. The molecule has 0 aromatic heterocycles. The molecule has 1 aliphatic heterocycles. The summed E-state index contributed by atoms with van der Waals surface area (Å²) in [5.74, 6) is 0. The minimum absolute atomic E-state index is 0.342. The molecule has 0 spiro atoms. The molecule has 2 rings (SSSR count). The zero-order valence-corrected chi connectivity index (χ0v) is 10.3. The van der Waals surface area contributed by atoms with Gasteiger partial charge in [0.25, 0.3) is 0 Å². The van der Waals surface area contributed by atoms with Crippen LogP contribution in [-0.4, -0.2) is 41.3 Å². The smallest absolute Gasteiger partial charge is 0.0431 e. The molecule has 3 N–H and O–H groups in total. The molecule has 0 amide bonds. The topological polar surface area (TPSA) is 49.5 Å². The number of aliphatic hydroxyl groups is 1. The standard InChI is InChI=1S/C13H26N2O/c14-11-4-1-5-13(10-11)15-8-2-6-12(15)7-3-9-16/h11-13,16H,1-10,14H2. The fourth-order valence-electron chi connectivity index (χ4n) is 3.48. The van der Waals surface area contributed by atoms with E-state index in [9.17, 15) is 0 Å². The minimum Gasteiger partial charge on any atom is -0.396 e. The zero-order chi connectivity index (χ0) is 11.4. The van der Waals surface area contributed by atoms with Crippen molar-refractivity contribution in [2.75, 3.05) is 13.2 Å². The maximum atomic E-state index is 8.93. The van der Waals surface area contributed by atoms with Crippen molar-refractivity contribution in [1.29, 1.82) is 0 Å². The normalized spacial score (nSPS) is 36.8. The molecule has 1 aliphatic carbocycles. The van der Waals surface area contributed by atoms with Crippen LogP contribution in [0.25, 0.3) is 0 Å². The van der Waals surface area contributed by atoms with E-state index in [4.69, 9.17) is 10.8 Å². The van der Waals surface area contributed by atoms with Crippen LogP contribution in [0.3, 0.4) is 0 Å². The Labute approximate surface area is 99.0 Å². The van der Waals surface area contributed by atoms with Gasteiger partial charge >= 0.3 is 0 Å². The Bertz CT molecular complexity index is 210. The number of rotatable bonds is 4. The van der Waals surface area contributed by atoms with E-state index in [1.165, 1.54) is 51.5 Å². The van der Waals surface area contributed by atoms with Crippen molar-refractivity contribution in [3.05, 3.63) is 0 Å². The highest BCUT2D eigenvalue weighted by atomic mass is 16.2. The fraction of sp³-hybridized carbons (Fsp3) is 1.00. The number of likely N-dealkylation sites (tertiary alicyclic amines) is 1. The molecular weight excluding hydrogens is 200 g/mol. The third kappa shape index (κ3) is 2.96. The zero-order valence-electron chi connectivity index (χ0n) is 10.3. The summed E-state index contributed by atoms with van der Waals surface area (Å²) in [6, 6.07) is 1.88. The van der Waals surface area contributed by atoms with Gasteiger partial charge in [-0.2, -0.15) is 0 Å². The maximum absolute atomic E-state index is 8.93. The van der Waals surface area contributed by atoms with E-state index < -0.39 is 0 Å². The van der Waals surface area contributed by atoms with Gasteiger partial charge in [0.05, 0.1) is 0 Å². The van der Waals surface area contributed by atoms with E-state index in [1.807, 2.05) is 0 Å². The van der Waals surface area contributed by atoms with Crippen LogP contribution in [0, 0.1) is 0 Å². The van der Waals surface area contributed by atoms with Crippen LogP contribution < -0.4 is 5.73 Å². The molecule has 16 heavy (non-hydrogen) atoms. The lowest BCUT2D eigenvalue weighted by atomic mass is 9.90. The third-order valence-corrected chi connectivity index (χ3v) is 4.27. The lowest BCUT2D eigenvalue weighted by molar-refractivity contribution is 0.123. The number of aliphatic hydroxyl groups excluding tert-OH is 1. The predicted molar refractivity (Wildman–Crippen MR) is 66.3 cm³/mol. The number of hydrogen-bond donors (Lipinski definition) is 2. The molecule has 3 unspecified atom stereocenters. The molecular formula is C13H26N2O. The van der Waals surface area contributed by atoms with Gasteiger partial charge in [0, 0.05) is 24.7 Å². The molecule has 0 aromatic carbocycles. The summed E-state index contributed by atoms with van der Waals surface area (Å²) in [5, 5.41) is 8.93. The summed E-state index contributed by atoms with van der Waals surface area (Å²) in [6.07, 6.45) is 9.83. The SMILES string of the molecule is NC1CCCC(N2CCCC2CCCO)C1. The predicted octanol–water partition coefficient (Wildman–Crippen LogP) is 1.49. The first-order valence-electron chi connectivity index (χ1n) is 6.93. The van der Waals surface area contributed by atoms with Crippen LogP contribution in [0.15, 0.2) is 0 Å². The lowest BCUT2D eigenvalue weighted by Gasteiger charge is -2.37. The van der Waals surface area contributed by atoms with Crippen molar-refractivity contribution in [3.63, 3.8) is 0 Å². The van der Waals surface area contributed by atoms with Gasteiger partial charge in [-0.05, 0) is 51.5 Å². The molecule has 1 saturated heterocycles. The van der Waals surface area contributed by atoms with Crippen LogP contribution in [0.2, 0.25) is 0 Å². The maximum Gasteiger partial charge on any atom is 0.0431 e. The van der Waals surface area contributed by atoms with E-state index in [0.717, 1.165) is 18.5 Å². The molecule has 3 nitrogen and oxygen atoms in total. The van der Waals surface area contributed by atoms with Crippen molar-refractivity contribution in [2.45, 2.75) is 69.5 Å². The van der Waals surface area contributed by atoms with E-state index in [-0.39, 0.29) is 0 Å². The first-order valence-corrected chi connectivity index (χ1v) is 6.93. The summed E-state index contributed by atoms with van der Waals surface area (Å²) in [6.45, 7) is 1.60. The van der Waals surface area contributed by atoms with E-state index in [1.54, 1.807) is 0 Å². The van der Waals surface area contributed by atoms with E-state index in [0.29, 0.717) is 12.6 Å². The van der Waals surface area contributed by atoms with Crippen LogP contribution >= 0.6 is 0 Å². The van der Waals surface area contributed by atoms with Gasteiger partial charge in [0.15, 0.2) is 0 Å². The number of nitrogens with zero attached hydrogens (tertiary/aromatic N) is 1. The Balaban J connectivity index is 1.86. The number of nitrogens with two attached hydrogens (primary N) is 1. The van der Waals surface area contributed by atoms with Crippen molar-refractivity contribution in [1.82, 2.24) is 4.90 Å². The molecule has 94 valence electrons. The summed E-state index contributed by atoms with van der Waals surface area (Å²) in [7, 11) is 0. The summed E-state index contributed by atoms with van der Waals surface area (Å²) in [4.78, 5) is 2.69. The molecule has 0 radical (unpaired) electrons. The second-order valence-electron chi connectivity index (χ2n) is 5.48. The Morgan fingerprint density at radius 1 is 1.19 bits per heavy atom. The largest absolute Gasteiger partial charge is 0.396 e. The molecule has 1 heterocycles. The molecule has 3 heteroatoms. The second kappa shape index (κ2) is 5.99. The third-order valence-electron chi connectivity index (χ3n) is 4.27. The van der Waals surface area contributed by atoms with Crippen LogP contribution in [0.4, 0.5) is 0 Å². The van der Waals surface area contributed by atoms with Crippen molar-refractivity contribution < 1.29 is 5.11 Å². The quantitative estimate of drug-likeness (QED) is 0.763. The van der Waals surface area contributed by atoms with E-state index >= 15 is 0 Å². The van der Waals surface area contributed by atoms with Crippen LogP contribution in [-0.2, 0) is 0 Å². The first-order chi connectivity index (χ1) is 7.81. The lowest BCUT2D eigenvalue weighted by Crippen LogP contribution is -2.44. The van der Waals surface area contributed by atoms with Crippen LogP contribution in [0.1, 0.15) is 51.4 Å². The highest BCUT2D eigenvalue weighted by Crippen LogP contribution is 2.30. The Morgan fingerprint density at radius 3 is 2.81 bits per heavy atom. The van der Waals surface area contributed by atoms with Gasteiger partial charge in [-0.1, -0.05) is 6.42 Å². The van der Waals surface area contributed by atoms with Crippen LogP contribution in [0.5, 0.6) is 0 Å². The average Bonchev–Trinajstić information content (AvgIpc) is 2.74. The van der Waals surface area contributed by atoms with Gasteiger partial charge < -0.3 is 10.8 Å². The molecule has 0 bridgehead atoms. The second-order valence-corrected chi connectivity index (χ2v) is 5.48. The van der Waals surface area contributed by atoms with Crippen molar-refractivity contribution in [2.24, 2.45) is 5.73 Å². The molecule has 1 saturated carbocycles. The van der Waals surface area contributed by atoms with E-state index in [2.05, 4.69) is 4.90 Å². The van der Waals surface area contributed by atoms with Gasteiger partial charge in [0.2, 0.25) is 0 Å². The highest BCUT2D eigenvalue weighted by molar-refractivity contribution is 4.89. The summed E-state index contributed by atoms with van der Waals surface area (Å²) >= 11 is 0. The van der Waals surface area contributed by atoms with Crippen molar-refractivity contribution in [3.8, 4) is 0 Å². The summed E-state index contributed by atoms with van der Waals surface area (Å²) in [5.41, 5.74) is 6.07. The molecule has 3 atom stereocenters. The molecule has 0 aromatic rings. The van der Waals surface area contributed by atoms with Crippen molar-refractivity contribution >= 4 is 0 Å². The Hall–Kier alpha value is -0.120. The van der Waals surface area contributed by atoms with Gasteiger partial charge in [0.1, 0.15) is 0 Å². The minimum atomic E-state index is 0.342. The fourth-order valence-corrected chi connectivity index (χ4v) is 3.48. The number of hydrogen-bond acceptors (Lipinski definition) is 3. The van der Waals surface area contributed by atoms with Gasteiger partial charge in [-0.15, -0.1) is 0 Å². The Morgan fingerprint density at radius 2 is 2.06 bits per heavy atom. The van der Waals surface area contributed by atoms with Gasteiger partial charge in [-0.3, -0.25) is 4.90 Å².